The van der Waals surface area contributed by atoms with Crippen LogP contribution in [0.15, 0.2) is 12.1 Å². The molecular formula is C8H6F3O. The SMILES string of the molecule is CO[CH]c1ccc(F)c(F)c1F. The summed E-state index contributed by atoms with van der Waals surface area (Å²) in [7, 11) is 1.29. The molecule has 1 aromatic rings. The van der Waals surface area contributed by atoms with Gasteiger partial charge in [-0.3, -0.25) is 0 Å². The zero-order valence-electron chi connectivity index (χ0n) is 6.27. The maximum absolute atomic E-state index is 12.7. The van der Waals surface area contributed by atoms with Gasteiger partial charge in [-0.1, -0.05) is 6.07 Å². The minimum atomic E-state index is -1.49. The molecule has 0 aliphatic carbocycles. The van der Waals surface area contributed by atoms with E-state index in [1.807, 2.05) is 0 Å². The Hall–Kier alpha value is -1.03. The molecule has 0 bridgehead atoms. The second-order valence-electron chi connectivity index (χ2n) is 2.12. The van der Waals surface area contributed by atoms with Crippen LogP contribution in [0.4, 0.5) is 13.2 Å². The van der Waals surface area contributed by atoms with Gasteiger partial charge in [-0.25, -0.2) is 13.2 Å². The number of methoxy groups -OCH3 is 1. The van der Waals surface area contributed by atoms with E-state index < -0.39 is 17.5 Å². The third kappa shape index (κ3) is 1.58. The molecule has 1 radical (unpaired) electrons. The first kappa shape index (κ1) is 9.06. The molecule has 0 aromatic heterocycles. The van der Waals surface area contributed by atoms with Crippen LogP contribution >= 0.6 is 0 Å². The zero-order valence-corrected chi connectivity index (χ0v) is 6.27. The highest BCUT2D eigenvalue weighted by Gasteiger charge is 2.12. The minimum Gasteiger partial charge on any atom is -0.374 e. The molecule has 0 atom stereocenters. The molecule has 12 heavy (non-hydrogen) atoms. The molecule has 0 heterocycles. The fraction of sp³-hybridized carbons (Fsp3) is 0.125. The van der Waals surface area contributed by atoms with Crippen molar-refractivity contribution in [3.8, 4) is 0 Å². The Morgan fingerprint density at radius 3 is 2.42 bits per heavy atom. The van der Waals surface area contributed by atoms with Crippen molar-refractivity contribution in [1.82, 2.24) is 0 Å². The van der Waals surface area contributed by atoms with E-state index in [1.54, 1.807) is 0 Å². The first-order chi connectivity index (χ1) is 5.66. The van der Waals surface area contributed by atoms with Crippen molar-refractivity contribution in [2.24, 2.45) is 0 Å². The first-order valence-electron chi connectivity index (χ1n) is 3.16. The Morgan fingerprint density at radius 1 is 1.17 bits per heavy atom. The van der Waals surface area contributed by atoms with Crippen molar-refractivity contribution in [3.05, 3.63) is 41.8 Å². The average molecular weight is 175 g/mol. The molecule has 1 nitrogen and oxygen atoms in total. The van der Waals surface area contributed by atoms with E-state index >= 15 is 0 Å². The van der Waals surface area contributed by atoms with Crippen LogP contribution in [0.5, 0.6) is 0 Å². The maximum Gasteiger partial charge on any atom is 0.194 e. The molecule has 1 rings (SSSR count). The van der Waals surface area contributed by atoms with Crippen LogP contribution in [0, 0.1) is 24.1 Å². The van der Waals surface area contributed by atoms with Crippen LogP contribution in [0.3, 0.4) is 0 Å². The largest absolute Gasteiger partial charge is 0.374 e. The Bertz CT molecular complexity index is 286. The summed E-state index contributed by atoms with van der Waals surface area (Å²) in [5.74, 6) is -3.93. The molecule has 0 aliphatic heterocycles. The predicted octanol–water partition coefficient (Wildman–Crippen LogP) is 2.26. The van der Waals surface area contributed by atoms with E-state index in [4.69, 9.17) is 0 Å². The Balaban J connectivity index is 3.08. The molecule has 0 amide bonds. The molecule has 0 spiro atoms. The summed E-state index contributed by atoms with van der Waals surface area (Å²) in [4.78, 5) is 0. The van der Waals surface area contributed by atoms with Gasteiger partial charge < -0.3 is 4.74 Å². The van der Waals surface area contributed by atoms with Gasteiger partial charge in [0.05, 0.1) is 0 Å². The number of hydrogen-bond donors (Lipinski definition) is 0. The van der Waals surface area contributed by atoms with E-state index in [0.717, 1.165) is 18.7 Å². The summed E-state index contributed by atoms with van der Waals surface area (Å²) in [6, 6.07) is 1.93. The van der Waals surface area contributed by atoms with E-state index in [0.29, 0.717) is 0 Å². The highest BCUT2D eigenvalue weighted by Crippen LogP contribution is 2.16. The lowest BCUT2D eigenvalue weighted by Crippen LogP contribution is -1.96. The van der Waals surface area contributed by atoms with Crippen LogP contribution in [0.1, 0.15) is 5.56 Å². The van der Waals surface area contributed by atoms with Crippen molar-refractivity contribution in [2.45, 2.75) is 0 Å². The maximum atomic E-state index is 12.7. The third-order valence-electron chi connectivity index (χ3n) is 1.31. The summed E-state index contributed by atoms with van der Waals surface area (Å²) in [6.45, 7) is 0.998. The quantitative estimate of drug-likeness (QED) is 0.626. The lowest BCUT2D eigenvalue weighted by Gasteiger charge is -2.01. The molecule has 0 N–H and O–H groups in total. The molecular weight excluding hydrogens is 169 g/mol. The second kappa shape index (κ2) is 3.58. The van der Waals surface area contributed by atoms with Crippen molar-refractivity contribution < 1.29 is 17.9 Å². The van der Waals surface area contributed by atoms with Crippen LogP contribution < -0.4 is 0 Å². The molecule has 0 fully saturated rings. The zero-order chi connectivity index (χ0) is 9.14. The topological polar surface area (TPSA) is 9.23 Å². The first-order valence-corrected chi connectivity index (χ1v) is 3.16. The number of benzene rings is 1. The molecule has 0 unspecified atom stereocenters. The van der Waals surface area contributed by atoms with Crippen LogP contribution in [-0.2, 0) is 4.74 Å². The summed E-state index contributed by atoms with van der Waals surface area (Å²) in [5.41, 5.74) is -0.114. The van der Waals surface area contributed by atoms with Gasteiger partial charge >= 0.3 is 0 Å². The molecule has 0 aliphatic rings. The smallest absolute Gasteiger partial charge is 0.194 e. The van der Waals surface area contributed by atoms with E-state index in [9.17, 15) is 13.2 Å². The lowest BCUT2D eigenvalue weighted by atomic mass is 10.2. The molecule has 1 aromatic carbocycles. The standard InChI is InChI=1S/C8H6F3O/c1-12-4-5-2-3-6(9)8(11)7(5)10/h2-4H,1H3. The highest BCUT2D eigenvalue weighted by molar-refractivity contribution is 5.24. The van der Waals surface area contributed by atoms with Gasteiger partial charge in [0, 0.05) is 12.7 Å². The van der Waals surface area contributed by atoms with Gasteiger partial charge in [0.1, 0.15) is 6.61 Å². The fourth-order valence-corrected chi connectivity index (χ4v) is 0.759. The highest BCUT2D eigenvalue weighted by atomic mass is 19.2. The van der Waals surface area contributed by atoms with E-state index in [-0.39, 0.29) is 5.56 Å². The number of ether oxygens (including phenoxy) is 1. The van der Waals surface area contributed by atoms with Gasteiger partial charge in [-0.15, -0.1) is 0 Å². The van der Waals surface area contributed by atoms with Crippen LogP contribution in [-0.4, -0.2) is 7.11 Å². The average Bonchev–Trinajstić information content (AvgIpc) is 2.07. The Labute approximate surface area is 67.8 Å². The molecule has 0 saturated carbocycles. The normalized spacial score (nSPS) is 10.3. The third-order valence-corrected chi connectivity index (χ3v) is 1.31. The van der Waals surface area contributed by atoms with Gasteiger partial charge in [0.15, 0.2) is 17.5 Å². The molecule has 4 heteroatoms. The summed E-state index contributed by atoms with van der Waals surface area (Å²) in [6.07, 6.45) is 0. The summed E-state index contributed by atoms with van der Waals surface area (Å²) in [5, 5.41) is 0. The summed E-state index contributed by atoms with van der Waals surface area (Å²) < 4.78 is 42.0. The number of halogens is 3. The Kier molecular flexibility index (Phi) is 2.70. The fourth-order valence-electron chi connectivity index (χ4n) is 0.759. The minimum absolute atomic E-state index is 0.114. The second-order valence-corrected chi connectivity index (χ2v) is 2.12. The van der Waals surface area contributed by atoms with Crippen molar-refractivity contribution >= 4 is 0 Å². The van der Waals surface area contributed by atoms with Crippen LogP contribution in [0.25, 0.3) is 0 Å². The van der Waals surface area contributed by atoms with Gasteiger partial charge in [0.25, 0.3) is 0 Å². The van der Waals surface area contributed by atoms with Crippen molar-refractivity contribution in [1.29, 1.82) is 0 Å². The van der Waals surface area contributed by atoms with Gasteiger partial charge in [0.2, 0.25) is 0 Å². The molecule has 0 saturated heterocycles. The number of rotatable bonds is 2. The van der Waals surface area contributed by atoms with Crippen LogP contribution in [0.2, 0.25) is 0 Å². The lowest BCUT2D eigenvalue weighted by molar-refractivity contribution is 0.287. The number of hydrogen-bond acceptors (Lipinski definition) is 1. The monoisotopic (exact) mass is 175 g/mol. The van der Waals surface area contributed by atoms with Gasteiger partial charge in [-0.05, 0) is 6.07 Å². The Morgan fingerprint density at radius 2 is 1.83 bits per heavy atom. The van der Waals surface area contributed by atoms with E-state index in [1.165, 1.54) is 7.11 Å². The van der Waals surface area contributed by atoms with Crippen molar-refractivity contribution in [3.63, 3.8) is 0 Å². The van der Waals surface area contributed by atoms with Gasteiger partial charge in [-0.2, -0.15) is 0 Å². The van der Waals surface area contributed by atoms with E-state index in [2.05, 4.69) is 4.74 Å². The molecule has 65 valence electrons. The summed E-state index contributed by atoms with van der Waals surface area (Å²) >= 11 is 0. The predicted molar refractivity (Wildman–Crippen MR) is 36.7 cm³/mol. The van der Waals surface area contributed by atoms with Crippen molar-refractivity contribution in [2.75, 3.05) is 7.11 Å².